The van der Waals surface area contributed by atoms with E-state index in [0.717, 1.165) is 16.5 Å². The first-order chi connectivity index (χ1) is 8.16. The van der Waals surface area contributed by atoms with Gasteiger partial charge in [-0.2, -0.15) is 0 Å². The van der Waals surface area contributed by atoms with E-state index >= 15 is 0 Å². The molecule has 0 aliphatic heterocycles. The summed E-state index contributed by atoms with van der Waals surface area (Å²) in [6.07, 6.45) is 4.68. The quantitative estimate of drug-likeness (QED) is 0.734. The highest BCUT2D eigenvalue weighted by atomic mass is 35.5. The van der Waals surface area contributed by atoms with Crippen molar-refractivity contribution in [2.45, 2.75) is 38.5 Å². The van der Waals surface area contributed by atoms with Gasteiger partial charge >= 0.3 is 0 Å². The summed E-state index contributed by atoms with van der Waals surface area (Å²) in [6, 6.07) is 6.07. The third-order valence-electron chi connectivity index (χ3n) is 3.51. The van der Waals surface area contributed by atoms with Crippen LogP contribution >= 0.6 is 11.6 Å². The maximum atomic E-state index is 6.03. The molecule has 17 heavy (non-hydrogen) atoms. The third-order valence-corrected chi connectivity index (χ3v) is 3.75. The second-order valence-electron chi connectivity index (χ2n) is 5.22. The van der Waals surface area contributed by atoms with E-state index in [-0.39, 0.29) is 0 Å². The molecular formula is C15H16ClN. The van der Waals surface area contributed by atoms with Gasteiger partial charge in [-0.25, -0.2) is 0 Å². The zero-order valence-electron chi connectivity index (χ0n) is 10.2. The van der Waals surface area contributed by atoms with Crippen LogP contribution in [0, 0.1) is 0 Å². The molecule has 88 valence electrons. The zero-order chi connectivity index (χ0) is 12.0. The fourth-order valence-corrected chi connectivity index (χ4v) is 2.66. The molecule has 3 rings (SSSR count). The maximum absolute atomic E-state index is 6.03. The molecule has 0 bridgehead atoms. The van der Waals surface area contributed by atoms with Crippen molar-refractivity contribution in [3.05, 3.63) is 40.5 Å². The summed E-state index contributed by atoms with van der Waals surface area (Å²) in [4.78, 5) is 4.55. The molecule has 1 aromatic carbocycles. The minimum Gasteiger partial charge on any atom is -0.256 e. The molecule has 0 radical (unpaired) electrons. The molecule has 0 atom stereocenters. The topological polar surface area (TPSA) is 12.9 Å². The lowest BCUT2D eigenvalue weighted by Gasteiger charge is -2.14. The van der Waals surface area contributed by atoms with Gasteiger partial charge < -0.3 is 0 Å². The van der Waals surface area contributed by atoms with Crippen LogP contribution in [0.5, 0.6) is 0 Å². The Kier molecular flexibility index (Phi) is 2.59. The Bertz CT molecular complexity index is 570. The van der Waals surface area contributed by atoms with Gasteiger partial charge in [0, 0.05) is 16.6 Å². The summed E-state index contributed by atoms with van der Waals surface area (Å²) in [5, 5.41) is 2.06. The van der Waals surface area contributed by atoms with Crippen LogP contribution < -0.4 is 0 Å². The van der Waals surface area contributed by atoms with Gasteiger partial charge in [0.05, 0.1) is 5.52 Å². The number of fused-ring (bicyclic) bond motifs is 1. The predicted molar refractivity (Wildman–Crippen MR) is 72.8 cm³/mol. The number of rotatable bonds is 2. The summed E-state index contributed by atoms with van der Waals surface area (Å²) in [7, 11) is 0. The van der Waals surface area contributed by atoms with E-state index in [4.69, 9.17) is 11.6 Å². The Morgan fingerprint density at radius 1 is 1.29 bits per heavy atom. The normalized spacial score (nSPS) is 15.8. The van der Waals surface area contributed by atoms with E-state index in [0.29, 0.717) is 5.92 Å². The predicted octanol–water partition coefficient (Wildman–Crippen LogP) is 4.89. The molecule has 2 aromatic rings. The van der Waals surface area contributed by atoms with E-state index in [9.17, 15) is 0 Å². The zero-order valence-corrected chi connectivity index (χ0v) is 11.0. The lowest BCUT2D eigenvalue weighted by Crippen LogP contribution is -1.98. The summed E-state index contributed by atoms with van der Waals surface area (Å²) in [5.74, 6) is 1.29. The summed E-state index contributed by atoms with van der Waals surface area (Å²) in [6.45, 7) is 4.48. The van der Waals surface area contributed by atoms with Gasteiger partial charge in [0.2, 0.25) is 0 Å². The monoisotopic (exact) mass is 245 g/mol. The molecule has 0 spiro atoms. The average Bonchev–Trinajstić information content (AvgIpc) is 3.10. The highest BCUT2D eigenvalue weighted by Gasteiger charge is 2.28. The Labute approximate surface area is 107 Å². The number of benzene rings is 1. The van der Waals surface area contributed by atoms with Gasteiger partial charge in [-0.05, 0) is 47.9 Å². The van der Waals surface area contributed by atoms with Gasteiger partial charge in [-0.15, -0.1) is 0 Å². The summed E-state index contributed by atoms with van der Waals surface area (Å²) in [5.41, 5.74) is 3.95. The Morgan fingerprint density at radius 2 is 2.06 bits per heavy atom. The van der Waals surface area contributed by atoms with Crippen molar-refractivity contribution >= 4 is 22.5 Å². The molecule has 2 heteroatoms. The molecular weight excluding hydrogens is 230 g/mol. The van der Waals surface area contributed by atoms with Crippen LogP contribution in [-0.2, 0) is 0 Å². The van der Waals surface area contributed by atoms with Gasteiger partial charge in [-0.1, -0.05) is 31.5 Å². The molecule has 0 saturated heterocycles. The van der Waals surface area contributed by atoms with Crippen molar-refractivity contribution in [1.82, 2.24) is 4.98 Å². The Hall–Kier alpha value is -1.08. The van der Waals surface area contributed by atoms with Crippen LogP contribution in [-0.4, -0.2) is 4.98 Å². The molecule has 1 aliphatic rings. The second-order valence-corrected chi connectivity index (χ2v) is 5.65. The van der Waals surface area contributed by atoms with Gasteiger partial charge in [-0.3, -0.25) is 4.98 Å². The number of aromatic nitrogens is 1. The smallest absolute Gasteiger partial charge is 0.0719 e. The highest BCUT2D eigenvalue weighted by Crippen LogP contribution is 2.46. The lowest BCUT2D eigenvalue weighted by molar-refractivity contribution is 0.839. The SMILES string of the molecule is CC(C)c1cnc2cc(Cl)ccc2c1C1CC1. The third kappa shape index (κ3) is 1.93. The molecule has 0 unspecified atom stereocenters. The molecule has 0 N–H and O–H groups in total. The number of hydrogen-bond acceptors (Lipinski definition) is 1. The van der Waals surface area contributed by atoms with Gasteiger partial charge in [0.1, 0.15) is 0 Å². The van der Waals surface area contributed by atoms with Crippen molar-refractivity contribution in [2.75, 3.05) is 0 Å². The largest absolute Gasteiger partial charge is 0.256 e. The van der Waals surface area contributed by atoms with Gasteiger partial charge in [0.25, 0.3) is 0 Å². The number of pyridine rings is 1. The Morgan fingerprint density at radius 3 is 2.71 bits per heavy atom. The van der Waals surface area contributed by atoms with E-state index in [1.165, 1.54) is 29.4 Å². The number of halogens is 1. The van der Waals surface area contributed by atoms with E-state index < -0.39 is 0 Å². The van der Waals surface area contributed by atoms with Crippen molar-refractivity contribution in [1.29, 1.82) is 0 Å². The fraction of sp³-hybridized carbons (Fsp3) is 0.400. The summed E-state index contributed by atoms with van der Waals surface area (Å²) < 4.78 is 0. The van der Waals surface area contributed by atoms with E-state index in [2.05, 4.69) is 24.9 Å². The van der Waals surface area contributed by atoms with Crippen LogP contribution in [0.15, 0.2) is 24.4 Å². The number of nitrogens with zero attached hydrogens (tertiary/aromatic N) is 1. The number of hydrogen-bond donors (Lipinski definition) is 0. The fourth-order valence-electron chi connectivity index (χ4n) is 2.49. The molecule has 1 heterocycles. The average molecular weight is 246 g/mol. The van der Waals surface area contributed by atoms with E-state index in [1.54, 1.807) is 0 Å². The molecule has 1 nitrogen and oxygen atoms in total. The minimum atomic E-state index is 0.540. The Balaban J connectivity index is 2.30. The van der Waals surface area contributed by atoms with E-state index in [1.807, 2.05) is 18.3 Å². The highest BCUT2D eigenvalue weighted by molar-refractivity contribution is 6.31. The van der Waals surface area contributed by atoms with Crippen LogP contribution in [0.25, 0.3) is 10.9 Å². The lowest BCUT2D eigenvalue weighted by atomic mass is 9.93. The van der Waals surface area contributed by atoms with Crippen LogP contribution in [0.4, 0.5) is 0 Å². The first-order valence-electron chi connectivity index (χ1n) is 6.25. The van der Waals surface area contributed by atoms with Gasteiger partial charge in [0.15, 0.2) is 0 Å². The van der Waals surface area contributed by atoms with Crippen LogP contribution in [0.3, 0.4) is 0 Å². The maximum Gasteiger partial charge on any atom is 0.0719 e. The first kappa shape index (κ1) is 11.0. The molecule has 1 saturated carbocycles. The van der Waals surface area contributed by atoms with Crippen LogP contribution in [0.2, 0.25) is 5.02 Å². The van der Waals surface area contributed by atoms with Crippen LogP contribution in [0.1, 0.15) is 49.7 Å². The summed E-state index contributed by atoms with van der Waals surface area (Å²) >= 11 is 6.03. The molecule has 0 amide bonds. The minimum absolute atomic E-state index is 0.540. The molecule has 1 aliphatic carbocycles. The molecule has 1 fully saturated rings. The standard InChI is InChI=1S/C15H16ClN/c1-9(2)13-8-17-14-7-11(16)5-6-12(14)15(13)10-3-4-10/h5-10H,3-4H2,1-2H3. The molecule has 1 aromatic heterocycles. The van der Waals surface area contributed by atoms with Crippen molar-refractivity contribution < 1.29 is 0 Å². The first-order valence-corrected chi connectivity index (χ1v) is 6.62. The van der Waals surface area contributed by atoms with Crippen molar-refractivity contribution in [3.63, 3.8) is 0 Å². The van der Waals surface area contributed by atoms with Crippen molar-refractivity contribution in [3.8, 4) is 0 Å². The second kappa shape index (κ2) is 3.99. The van der Waals surface area contributed by atoms with Crippen molar-refractivity contribution in [2.24, 2.45) is 0 Å².